The van der Waals surface area contributed by atoms with Crippen LogP contribution >= 0.6 is 0 Å². The molecule has 1 fully saturated rings. The SMILES string of the molecule is c1ccc(-c2ccc(-c3cc(-c4c(-c5cccc6c5-c5cc7ccccc7cc5C65CCCCC5)ccc5ccccc45)nc(-c4ccccc4)n3)cc2)cc1. The maximum Gasteiger partial charge on any atom is 0.160 e. The number of benzene rings is 8. The molecule has 0 unspecified atom stereocenters. The highest BCUT2D eigenvalue weighted by Gasteiger charge is 2.45. The van der Waals surface area contributed by atoms with Crippen LogP contribution in [0.2, 0.25) is 0 Å². The monoisotopic (exact) mass is 716 g/mol. The van der Waals surface area contributed by atoms with Crippen molar-refractivity contribution in [2.24, 2.45) is 0 Å². The van der Waals surface area contributed by atoms with Gasteiger partial charge in [-0.1, -0.05) is 183 Å². The number of fused-ring (bicyclic) bond motifs is 7. The van der Waals surface area contributed by atoms with E-state index in [4.69, 9.17) is 9.97 Å². The van der Waals surface area contributed by atoms with E-state index in [2.05, 4.69) is 182 Å². The number of hydrogen-bond donors (Lipinski definition) is 0. The number of nitrogens with zero attached hydrogens (tertiary/aromatic N) is 2. The highest BCUT2D eigenvalue weighted by atomic mass is 14.9. The number of aromatic nitrogens is 2. The Bertz CT molecular complexity index is 2920. The molecule has 56 heavy (non-hydrogen) atoms. The summed E-state index contributed by atoms with van der Waals surface area (Å²) in [4.78, 5) is 10.7. The first-order chi connectivity index (χ1) is 27.7. The third kappa shape index (κ3) is 5.32. The molecule has 2 nitrogen and oxygen atoms in total. The molecular weight excluding hydrogens is 677 g/mol. The first-order valence-corrected chi connectivity index (χ1v) is 20.0. The fourth-order valence-corrected chi connectivity index (χ4v) is 9.82. The highest BCUT2D eigenvalue weighted by molar-refractivity contribution is 6.08. The van der Waals surface area contributed by atoms with Gasteiger partial charge in [-0.3, -0.25) is 0 Å². The van der Waals surface area contributed by atoms with Gasteiger partial charge in [0.1, 0.15) is 0 Å². The number of hydrogen-bond acceptors (Lipinski definition) is 2. The molecule has 1 spiro atoms. The molecule has 9 aromatic rings. The van der Waals surface area contributed by atoms with Crippen LogP contribution in [-0.2, 0) is 5.41 Å². The van der Waals surface area contributed by atoms with Crippen molar-refractivity contribution in [2.45, 2.75) is 37.5 Å². The van der Waals surface area contributed by atoms with Crippen molar-refractivity contribution in [3.05, 3.63) is 193 Å². The Balaban J connectivity index is 1.17. The molecule has 2 aliphatic carbocycles. The second-order valence-corrected chi connectivity index (χ2v) is 15.6. The molecule has 266 valence electrons. The summed E-state index contributed by atoms with van der Waals surface area (Å²) in [6, 6.07) is 66.4. The zero-order valence-electron chi connectivity index (χ0n) is 31.3. The normalized spacial score (nSPS) is 14.2. The summed E-state index contributed by atoms with van der Waals surface area (Å²) in [5.74, 6) is 0.723. The van der Waals surface area contributed by atoms with Gasteiger partial charge in [-0.25, -0.2) is 9.97 Å². The first-order valence-electron chi connectivity index (χ1n) is 20.0. The predicted molar refractivity (Wildman–Crippen MR) is 234 cm³/mol. The molecule has 0 atom stereocenters. The van der Waals surface area contributed by atoms with Crippen LogP contribution in [0.5, 0.6) is 0 Å². The molecule has 0 amide bonds. The molecule has 11 rings (SSSR count). The molecular formula is C54H40N2. The Morgan fingerprint density at radius 3 is 1.73 bits per heavy atom. The Labute approximate surface area is 328 Å². The van der Waals surface area contributed by atoms with Gasteiger partial charge in [0.2, 0.25) is 0 Å². The Hall–Kier alpha value is -6.64. The summed E-state index contributed by atoms with van der Waals surface area (Å²) in [7, 11) is 0. The van der Waals surface area contributed by atoms with Gasteiger partial charge in [0, 0.05) is 22.1 Å². The van der Waals surface area contributed by atoms with Crippen molar-refractivity contribution in [3.8, 4) is 67.3 Å². The lowest BCUT2D eigenvalue weighted by atomic mass is 9.67. The summed E-state index contributed by atoms with van der Waals surface area (Å²) < 4.78 is 0. The van der Waals surface area contributed by atoms with Gasteiger partial charge < -0.3 is 0 Å². The van der Waals surface area contributed by atoms with Crippen molar-refractivity contribution in [3.63, 3.8) is 0 Å². The summed E-state index contributed by atoms with van der Waals surface area (Å²) in [6.07, 6.45) is 6.21. The summed E-state index contributed by atoms with van der Waals surface area (Å²) in [6.45, 7) is 0. The first kappa shape index (κ1) is 32.8. The van der Waals surface area contributed by atoms with E-state index in [-0.39, 0.29) is 5.41 Å². The second kappa shape index (κ2) is 13.3. The molecule has 0 radical (unpaired) electrons. The van der Waals surface area contributed by atoms with E-state index in [1.54, 1.807) is 0 Å². The summed E-state index contributed by atoms with van der Waals surface area (Å²) >= 11 is 0. The minimum atomic E-state index is 0.0362. The average molecular weight is 717 g/mol. The largest absolute Gasteiger partial charge is 0.228 e. The van der Waals surface area contributed by atoms with E-state index in [0.29, 0.717) is 0 Å². The number of rotatable bonds is 5. The van der Waals surface area contributed by atoms with Crippen LogP contribution in [0.4, 0.5) is 0 Å². The van der Waals surface area contributed by atoms with E-state index < -0.39 is 0 Å². The van der Waals surface area contributed by atoms with E-state index >= 15 is 0 Å². The van der Waals surface area contributed by atoms with E-state index in [9.17, 15) is 0 Å². The van der Waals surface area contributed by atoms with Crippen LogP contribution in [0, 0.1) is 0 Å². The molecule has 1 heterocycles. The summed E-state index contributed by atoms with van der Waals surface area (Å²) in [5.41, 5.74) is 15.7. The Morgan fingerprint density at radius 1 is 0.357 bits per heavy atom. The van der Waals surface area contributed by atoms with Crippen molar-refractivity contribution in [2.75, 3.05) is 0 Å². The maximum absolute atomic E-state index is 5.45. The van der Waals surface area contributed by atoms with Gasteiger partial charge in [-0.05, 0) is 97.1 Å². The fourth-order valence-electron chi connectivity index (χ4n) is 9.82. The molecule has 0 aliphatic heterocycles. The molecule has 8 aromatic carbocycles. The smallest absolute Gasteiger partial charge is 0.160 e. The van der Waals surface area contributed by atoms with Crippen molar-refractivity contribution in [1.82, 2.24) is 9.97 Å². The van der Waals surface area contributed by atoms with Gasteiger partial charge in [0.15, 0.2) is 5.82 Å². The van der Waals surface area contributed by atoms with Crippen LogP contribution in [0.25, 0.3) is 88.8 Å². The van der Waals surface area contributed by atoms with Crippen molar-refractivity contribution < 1.29 is 0 Å². The lowest BCUT2D eigenvalue weighted by molar-refractivity contribution is 0.353. The van der Waals surface area contributed by atoms with Crippen molar-refractivity contribution >= 4 is 21.5 Å². The highest BCUT2D eigenvalue weighted by Crippen LogP contribution is 2.59. The van der Waals surface area contributed by atoms with Crippen LogP contribution in [0.3, 0.4) is 0 Å². The lowest BCUT2D eigenvalue weighted by Crippen LogP contribution is -2.28. The minimum absolute atomic E-state index is 0.0362. The van der Waals surface area contributed by atoms with Gasteiger partial charge in [0.05, 0.1) is 11.4 Å². The van der Waals surface area contributed by atoms with Crippen LogP contribution in [0.15, 0.2) is 182 Å². The van der Waals surface area contributed by atoms with Gasteiger partial charge in [-0.2, -0.15) is 0 Å². The predicted octanol–water partition coefficient (Wildman–Crippen LogP) is 14.3. The van der Waals surface area contributed by atoms with Crippen LogP contribution < -0.4 is 0 Å². The maximum atomic E-state index is 5.45. The second-order valence-electron chi connectivity index (χ2n) is 15.6. The van der Waals surface area contributed by atoms with Gasteiger partial charge >= 0.3 is 0 Å². The zero-order chi connectivity index (χ0) is 37.1. The molecule has 0 N–H and O–H groups in total. The molecule has 0 bridgehead atoms. The van der Waals surface area contributed by atoms with E-state index in [0.717, 1.165) is 33.9 Å². The van der Waals surface area contributed by atoms with Gasteiger partial charge in [0.25, 0.3) is 0 Å². The summed E-state index contributed by atoms with van der Waals surface area (Å²) in [5, 5.41) is 5.01. The molecule has 2 aliphatic rings. The van der Waals surface area contributed by atoms with E-state index in [1.807, 2.05) is 0 Å². The minimum Gasteiger partial charge on any atom is -0.228 e. The molecule has 0 saturated heterocycles. The Morgan fingerprint density at radius 2 is 0.964 bits per heavy atom. The zero-order valence-corrected chi connectivity index (χ0v) is 31.3. The third-order valence-corrected chi connectivity index (χ3v) is 12.5. The third-order valence-electron chi connectivity index (χ3n) is 12.5. The molecule has 1 saturated carbocycles. The molecule has 2 heteroatoms. The quantitative estimate of drug-likeness (QED) is 0.177. The fraction of sp³-hybridized carbons (Fsp3) is 0.111. The van der Waals surface area contributed by atoms with Crippen LogP contribution in [0.1, 0.15) is 43.2 Å². The Kier molecular flexibility index (Phi) is 7.77. The van der Waals surface area contributed by atoms with Gasteiger partial charge in [-0.15, -0.1) is 0 Å². The topological polar surface area (TPSA) is 25.8 Å². The average Bonchev–Trinajstić information content (AvgIpc) is 3.53. The van der Waals surface area contributed by atoms with Crippen LogP contribution in [-0.4, -0.2) is 9.97 Å². The molecule has 1 aromatic heterocycles. The van der Waals surface area contributed by atoms with E-state index in [1.165, 1.54) is 98.2 Å². The lowest BCUT2D eigenvalue weighted by Gasteiger charge is -2.36. The van der Waals surface area contributed by atoms with Crippen molar-refractivity contribution in [1.29, 1.82) is 0 Å². The standard InChI is InChI=1S/C54H40N2/c1-4-15-36(16-5-1)37-25-27-39(28-26-37)49-35-50(56-53(55-49)40-18-6-2-7-19-40)52-43-22-11-10-17-38(43)29-30-45(52)44-23-14-24-47-51(44)46-33-41-20-8-9-21-42(41)34-48(46)54(47)31-12-3-13-32-54/h1-2,4-11,14-30,33-35H,3,12-13,31-32H2.